The summed E-state index contributed by atoms with van der Waals surface area (Å²) in [7, 11) is 1.43. The second-order valence-electron chi connectivity index (χ2n) is 5.44. The lowest BCUT2D eigenvalue weighted by Crippen LogP contribution is -2.24. The van der Waals surface area contributed by atoms with Crippen molar-refractivity contribution in [3.05, 3.63) is 52.0 Å². The molecule has 0 aromatic heterocycles. The summed E-state index contributed by atoms with van der Waals surface area (Å²) in [6, 6.07) is 10.4. The SMILES string of the molecule is COc1cc(/C=N/NC(=O)CC(=O)Nc2ccc(C)cc2)cc(Br)c1O. The van der Waals surface area contributed by atoms with Gasteiger partial charge in [-0.05, 0) is 52.7 Å². The third kappa shape index (κ3) is 5.59. The standard InChI is InChI=1S/C18H18BrN3O4/c1-11-3-5-13(6-4-11)21-16(23)9-17(24)22-20-10-12-7-14(19)18(25)15(8-12)26-2/h3-8,10,25H,9H2,1-2H3,(H,21,23)(H,22,24)/b20-10+. The second kappa shape index (κ2) is 9.00. The van der Waals surface area contributed by atoms with E-state index in [1.165, 1.54) is 13.3 Å². The molecule has 0 unspecified atom stereocenters. The first-order valence-electron chi connectivity index (χ1n) is 7.64. The summed E-state index contributed by atoms with van der Waals surface area (Å²) in [6.07, 6.45) is 1.02. The van der Waals surface area contributed by atoms with E-state index in [1.807, 2.05) is 19.1 Å². The van der Waals surface area contributed by atoms with Crippen LogP contribution in [0.15, 0.2) is 46.0 Å². The Hall–Kier alpha value is -2.87. The second-order valence-corrected chi connectivity index (χ2v) is 6.29. The van der Waals surface area contributed by atoms with E-state index in [2.05, 4.69) is 31.8 Å². The molecule has 2 rings (SSSR count). The molecule has 0 atom stereocenters. The molecule has 0 aliphatic rings. The van der Waals surface area contributed by atoms with Crippen LogP contribution in [0.5, 0.6) is 11.5 Å². The van der Waals surface area contributed by atoms with Crippen LogP contribution >= 0.6 is 15.9 Å². The normalized spacial score (nSPS) is 10.6. The lowest BCUT2D eigenvalue weighted by Gasteiger charge is -2.06. The van der Waals surface area contributed by atoms with Gasteiger partial charge in [-0.25, -0.2) is 5.43 Å². The zero-order valence-electron chi connectivity index (χ0n) is 14.2. The zero-order chi connectivity index (χ0) is 19.1. The number of hydrogen-bond donors (Lipinski definition) is 3. The van der Waals surface area contributed by atoms with Gasteiger partial charge in [0.2, 0.25) is 11.8 Å². The number of aromatic hydroxyl groups is 1. The molecule has 3 N–H and O–H groups in total. The molecule has 2 aromatic carbocycles. The van der Waals surface area contributed by atoms with Gasteiger partial charge in [0.05, 0.1) is 17.8 Å². The maximum atomic E-state index is 11.8. The van der Waals surface area contributed by atoms with Crippen LogP contribution in [-0.2, 0) is 9.59 Å². The number of benzene rings is 2. The molecule has 0 saturated carbocycles. The quantitative estimate of drug-likeness (QED) is 0.380. The molecule has 0 heterocycles. The molecule has 0 bridgehead atoms. The fourth-order valence-electron chi connectivity index (χ4n) is 2.03. The van der Waals surface area contributed by atoms with Gasteiger partial charge in [-0.2, -0.15) is 5.10 Å². The van der Waals surface area contributed by atoms with Crippen molar-refractivity contribution in [3.63, 3.8) is 0 Å². The van der Waals surface area contributed by atoms with E-state index < -0.39 is 11.8 Å². The number of phenols is 1. The fraction of sp³-hybridized carbons (Fsp3) is 0.167. The van der Waals surface area contributed by atoms with E-state index in [0.717, 1.165) is 5.56 Å². The predicted octanol–water partition coefficient (Wildman–Crippen LogP) is 2.95. The van der Waals surface area contributed by atoms with Gasteiger partial charge in [-0.1, -0.05) is 17.7 Å². The van der Waals surface area contributed by atoms with Crippen molar-refractivity contribution in [2.24, 2.45) is 5.10 Å². The number of ether oxygens (including phenoxy) is 1. The van der Waals surface area contributed by atoms with E-state index >= 15 is 0 Å². The Balaban J connectivity index is 1.88. The van der Waals surface area contributed by atoms with E-state index in [1.54, 1.807) is 24.3 Å². The molecule has 0 spiro atoms. The molecule has 7 nitrogen and oxygen atoms in total. The minimum absolute atomic E-state index is 0.0264. The number of amides is 2. The van der Waals surface area contributed by atoms with Crippen LogP contribution in [0.25, 0.3) is 0 Å². The van der Waals surface area contributed by atoms with Crippen LogP contribution in [-0.4, -0.2) is 30.2 Å². The van der Waals surface area contributed by atoms with Crippen molar-refractivity contribution in [2.75, 3.05) is 12.4 Å². The predicted molar refractivity (Wildman–Crippen MR) is 103 cm³/mol. The van der Waals surface area contributed by atoms with Gasteiger partial charge in [-0.3, -0.25) is 9.59 Å². The molecule has 136 valence electrons. The first-order chi connectivity index (χ1) is 12.4. The molecular weight excluding hydrogens is 402 g/mol. The van der Waals surface area contributed by atoms with E-state index in [4.69, 9.17) is 4.74 Å². The van der Waals surface area contributed by atoms with Crippen LogP contribution in [0.3, 0.4) is 0 Å². The van der Waals surface area contributed by atoms with Crippen LogP contribution in [0, 0.1) is 6.92 Å². The Labute approximate surface area is 159 Å². The van der Waals surface area contributed by atoms with Gasteiger partial charge in [0.25, 0.3) is 0 Å². The molecule has 26 heavy (non-hydrogen) atoms. The van der Waals surface area contributed by atoms with Crippen molar-refractivity contribution >= 4 is 39.6 Å². The number of carbonyl (C=O) groups excluding carboxylic acids is 2. The van der Waals surface area contributed by atoms with Gasteiger partial charge in [-0.15, -0.1) is 0 Å². The number of hydrogen-bond acceptors (Lipinski definition) is 5. The monoisotopic (exact) mass is 419 g/mol. The summed E-state index contributed by atoms with van der Waals surface area (Å²) >= 11 is 3.20. The largest absolute Gasteiger partial charge is 0.503 e. The molecule has 2 aromatic rings. The highest BCUT2D eigenvalue weighted by Crippen LogP contribution is 2.34. The van der Waals surface area contributed by atoms with E-state index in [9.17, 15) is 14.7 Å². The molecule has 0 radical (unpaired) electrons. The molecule has 0 fully saturated rings. The number of rotatable bonds is 6. The minimum atomic E-state index is -0.546. The van der Waals surface area contributed by atoms with Crippen LogP contribution in [0.1, 0.15) is 17.5 Å². The number of phenolic OH excluding ortho intramolecular Hbond substituents is 1. The van der Waals surface area contributed by atoms with Gasteiger partial charge in [0.1, 0.15) is 6.42 Å². The lowest BCUT2D eigenvalue weighted by molar-refractivity contribution is -0.126. The Morgan fingerprint density at radius 1 is 1.23 bits per heavy atom. The first kappa shape index (κ1) is 19.5. The number of nitrogens with one attached hydrogen (secondary N) is 2. The summed E-state index contributed by atoms with van der Waals surface area (Å²) in [5.74, 6) is -0.739. The Bertz CT molecular complexity index is 835. The molecule has 0 aliphatic heterocycles. The highest BCUT2D eigenvalue weighted by Gasteiger charge is 2.10. The van der Waals surface area contributed by atoms with Crippen LogP contribution < -0.4 is 15.5 Å². The van der Waals surface area contributed by atoms with Gasteiger partial charge < -0.3 is 15.2 Å². The number of nitrogens with zero attached hydrogens (tertiary/aromatic N) is 1. The summed E-state index contributed by atoms with van der Waals surface area (Å²) < 4.78 is 5.46. The van der Waals surface area contributed by atoms with Gasteiger partial charge >= 0.3 is 0 Å². The average Bonchev–Trinajstić information content (AvgIpc) is 2.59. The summed E-state index contributed by atoms with van der Waals surface area (Å²) in [5.41, 5.74) is 4.57. The lowest BCUT2D eigenvalue weighted by atomic mass is 10.2. The fourth-order valence-corrected chi connectivity index (χ4v) is 2.49. The van der Waals surface area contributed by atoms with Crippen molar-refractivity contribution in [1.29, 1.82) is 0 Å². The Kier molecular flexibility index (Phi) is 6.74. The van der Waals surface area contributed by atoms with Crippen molar-refractivity contribution < 1.29 is 19.4 Å². The molecule has 8 heteroatoms. The molecule has 0 aliphatic carbocycles. The number of aryl methyl sites for hydroxylation is 1. The number of hydrazone groups is 1. The number of anilines is 1. The topological polar surface area (TPSA) is 100 Å². The Morgan fingerprint density at radius 3 is 2.58 bits per heavy atom. The van der Waals surface area contributed by atoms with Crippen LogP contribution in [0.4, 0.5) is 5.69 Å². The number of methoxy groups -OCH3 is 1. The molecular formula is C18H18BrN3O4. The smallest absolute Gasteiger partial charge is 0.249 e. The van der Waals surface area contributed by atoms with E-state index in [-0.39, 0.29) is 17.9 Å². The number of carbonyl (C=O) groups is 2. The van der Waals surface area contributed by atoms with Gasteiger partial charge in [0.15, 0.2) is 11.5 Å². The highest BCUT2D eigenvalue weighted by molar-refractivity contribution is 9.10. The zero-order valence-corrected chi connectivity index (χ0v) is 15.8. The minimum Gasteiger partial charge on any atom is -0.503 e. The third-order valence-electron chi connectivity index (χ3n) is 3.33. The first-order valence-corrected chi connectivity index (χ1v) is 8.43. The highest BCUT2D eigenvalue weighted by atomic mass is 79.9. The van der Waals surface area contributed by atoms with Gasteiger partial charge in [0, 0.05) is 5.69 Å². The maximum absolute atomic E-state index is 11.8. The van der Waals surface area contributed by atoms with Crippen LogP contribution in [0.2, 0.25) is 0 Å². The summed E-state index contributed by atoms with van der Waals surface area (Å²) in [5, 5.41) is 16.2. The number of halogens is 1. The van der Waals surface area contributed by atoms with Crippen molar-refractivity contribution in [1.82, 2.24) is 5.43 Å². The van der Waals surface area contributed by atoms with Crippen molar-refractivity contribution in [3.8, 4) is 11.5 Å². The van der Waals surface area contributed by atoms with Crippen molar-refractivity contribution in [2.45, 2.75) is 13.3 Å². The summed E-state index contributed by atoms with van der Waals surface area (Å²) in [6.45, 7) is 1.94. The average molecular weight is 420 g/mol. The third-order valence-corrected chi connectivity index (χ3v) is 3.93. The maximum Gasteiger partial charge on any atom is 0.249 e. The summed E-state index contributed by atoms with van der Waals surface area (Å²) in [4.78, 5) is 23.6. The molecule has 2 amide bonds. The van der Waals surface area contributed by atoms with E-state index in [0.29, 0.717) is 15.7 Å². The molecule has 0 saturated heterocycles. The Morgan fingerprint density at radius 2 is 1.92 bits per heavy atom.